The van der Waals surface area contributed by atoms with Crippen LogP contribution in [0.15, 0.2) is 30.6 Å². The maximum absolute atomic E-state index is 13.7. The number of nitrogens with one attached hydrogen (secondary N) is 1. The van der Waals surface area contributed by atoms with E-state index in [0.29, 0.717) is 30.1 Å². The molecule has 0 spiro atoms. The molecule has 3 aliphatic rings. The number of hydrogen-bond acceptors (Lipinski definition) is 6. The zero-order chi connectivity index (χ0) is 24.2. The van der Waals surface area contributed by atoms with Crippen LogP contribution in [0.5, 0.6) is 0 Å². The Morgan fingerprint density at radius 2 is 1.86 bits per heavy atom. The van der Waals surface area contributed by atoms with Crippen LogP contribution >= 0.6 is 11.6 Å². The molecule has 7 nitrogen and oxygen atoms in total. The molecule has 188 valence electrons. The molecule has 2 atom stereocenters. The molecule has 3 heterocycles. The maximum atomic E-state index is 13.7. The molecule has 8 heteroatoms. The summed E-state index contributed by atoms with van der Waals surface area (Å²) in [6.07, 6.45) is 6.72. The molecule has 1 aromatic carbocycles. The Morgan fingerprint density at radius 3 is 2.60 bits per heavy atom. The van der Waals surface area contributed by atoms with Gasteiger partial charge in [0, 0.05) is 61.7 Å². The summed E-state index contributed by atoms with van der Waals surface area (Å²) in [7, 11) is 0. The molecular weight excluding hydrogens is 462 g/mol. The fraction of sp³-hybridized carbons (Fsp3) is 0.593. The largest absolute Gasteiger partial charge is 0.381 e. The number of carbonyl (C=O) groups is 1. The molecule has 2 aromatic rings. The lowest BCUT2D eigenvalue weighted by Gasteiger charge is -2.38. The molecule has 35 heavy (non-hydrogen) atoms. The highest BCUT2D eigenvalue weighted by Crippen LogP contribution is 2.37. The summed E-state index contributed by atoms with van der Waals surface area (Å²) in [5.74, 6) is 1.61. The molecule has 1 N–H and O–H groups in total. The first kappa shape index (κ1) is 24.5. The Kier molecular flexibility index (Phi) is 7.85. The minimum Gasteiger partial charge on any atom is -0.381 e. The van der Waals surface area contributed by atoms with Crippen molar-refractivity contribution in [3.63, 3.8) is 0 Å². The molecule has 5 rings (SSSR count). The van der Waals surface area contributed by atoms with Crippen LogP contribution in [-0.2, 0) is 16.0 Å². The molecule has 0 bridgehead atoms. The van der Waals surface area contributed by atoms with Crippen LogP contribution in [0.4, 0.5) is 5.82 Å². The first-order valence-corrected chi connectivity index (χ1v) is 13.4. The van der Waals surface area contributed by atoms with E-state index in [1.54, 1.807) is 6.33 Å². The predicted molar refractivity (Wildman–Crippen MR) is 138 cm³/mol. The fourth-order valence-electron chi connectivity index (χ4n) is 5.70. The van der Waals surface area contributed by atoms with Crippen molar-refractivity contribution >= 4 is 23.3 Å². The zero-order valence-electron chi connectivity index (χ0n) is 20.6. The maximum Gasteiger partial charge on any atom is 0.230 e. The molecular formula is C27H36ClN5O2. The van der Waals surface area contributed by atoms with Crippen LogP contribution in [0, 0.1) is 0 Å². The van der Waals surface area contributed by atoms with Gasteiger partial charge in [0.05, 0.1) is 5.92 Å². The van der Waals surface area contributed by atoms with E-state index in [9.17, 15) is 4.79 Å². The van der Waals surface area contributed by atoms with E-state index in [-0.39, 0.29) is 11.8 Å². The van der Waals surface area contributed by atoms with Crippen LogP contribution in [0.3, 0.4) is 0 Å². The molecule has 0 radical (unpaired) electrons. The van der Waals surface area contributed by atoms with Crippen molar-refractivity contribution in [1.82, 2.24) is 20.2 Å². The van der Waals surface area contributed by atoms with E-state index in [4.69, 9.17) is 16.3 Å². The van der Waals surface area contributed by atoms with Crippen LogP contribution in [-0.4, -0.2) is 72.8 Å². The first-order valence-electron chi connectivity index (χ1n) is 13.0. The summed E-state index contributed by atoms with van der Waals surface area (Å²) in [5, 5.41) is 4.34. The van der Waals surface area contributed by atoms with Crippen molar-refractivity contribution in [3.8, 4) is 0 Å². The molecule has 0 saturated carbocycles. The highest BCUT2D eigenvalue weighted by Gasteiger charge is 2.32. The lowest BCUT2D eigenvalue weighted by Crippen LogP contribution is -2.50. The van der Waals surface area contributed by atoms with E-state index in [1.165, 1.54) is 11.3 Å². The molecule has 1 aliphatic carbocycles. The van der Waals surface area contributed by atoms with E-state index in [1.807, 2.05) is 29.2 Å². The lowest BCUT2D eigenvalue weighted by molar-refractivity contribution is -0.133. The molecule has 2 saturated heterocycles. The second kappa shape index (κ2) is 11.2. The molecule has 1 aromatic heterocycles. The number of nitrogens with zero attached hydrogens (tertiary/aromatic N) is 4. The number of rotatable bonds is 7. The van der Waals surface area contributed by atoms with Crippen molar-refractivity contribution in [1.29, 1.82) is 0 Å². The summed E-state index contributed by atoms with van der Waals surface area (Å²) in [5.41, 5.74) is 3.55. The SMILES string of the molecule is C[C@@H]1CCc2ncnc(N3CCN(C(=O)[C@H](CCNC4CCOCC4)c4ccc(Cl)cc4)CC3)c21. The van der Waals surface area contributed by atoms with Gasteiger partial charge in [-0.15, -0.1) is 0 Å². The number of fused-ring (bicyclic) bond motifs is 1. The Hall–Kier alpha value is -2.22. The molecule has 2 aliphatic heterocycles. The van der Waals surface area contributed by atoms with Gasteiger partial charge in [-0.1, -0.05) is 30.7 Å². The van der Waals surface area contributed by atoms with Crippen molar-refractivity contribution in [3.05, 3.63) is 52.4 Å². The number of piperazine rings is 1. The van der Waals surface area contributed by atoms with Gasteiger partial charge in [-0.25, -0.2) is 9.97 Å². The van der Waals surface area contributed by atoms with Gasteiger partial charge in [0.15, 0.2) is 0 Å². The van der Waals surface area contributed by atoms with E-state index in [2.05, 4.69) is 27.1 Å². The quantitative estimate of drug-likeness (QED) is 0.628. The minimum atomic E-state index is -0.172. The van der Waals surface area contributed by atoms with Crippen molar-refractivity contribution in [2.75, 3.05) is 50.8 Å². The number of amides is 1. The number of hydrogen-bond donors (Lipinski definition) is 1. The molecule has 1 amide bonds. The number of aryl methyl sites for hydroxylation is 1. The van der Waals surface area contributed by atoms with E-state index >= 15 is 0 Å². The Balaban J connectivity index is 1.24. The van der Waals surface area contributed by atoms with Gasteiger partial charge in [-0.2, -0.15) is 0 Å². The van der Waals surface area contributed by atoms with Crippen LogP contribution < -0.4 is 10.2 Å². The lowest BCUT2D eigenvalue weighted by atomic mass is 9.93. The van der Waals surface area contributed by atoms with E-state index < -0.39 is 0 Å². The Bertz CT molecular complexity index is 1000. The Labute approximate surface area is 213 Å². The summed E-state index contributed by atoms with van der Waals surface area (Å²) in [6, 6.07) is 8.25. The second-order valence-electron chi connectivity index (χ2n) is 10.0. The van der Waals surface area contributed by atoms with Crippen LogP contribution in [0.25, 0.3) is 0 Å². The van der Waals surface area contributed by atoms with Crippen molar-refractivity contribution in [2.24, 2.45) is 0 Å². The number of anilines is 1. The van der Waals surface area contributed by atoms with Gasteiger partial charge >= 0.3 is 0 Å². The molecule has 0 unspecified atom stereocenters. The summed E-state index contributed by atoms with van der Waals surface area (Å²) in [4.78, 5) is 27.3. The number of halogens is 1. The average Bonchev–Trinajstić information content (AvgIpc) is 3.29. The highest BCUT2D eigenvalue weighted by atomic mass is 35.5. The van der Waals surface area contributed by atoms with Gasteiger partial charge in [0.25, 0.3) is 0 Å². The summed E-state index contributed by atoms with van der Waals surface area (Å²) >= 11 is 6.14. The first-order chi connectivity index (χ1) is 17.1. The third-order valence-electron chi connectivity index (χ3n) is 7.80. The van der Waals surface area contributed by atoms with Gasteiger partial charge in [0.2, 0.25) is 5.91 Å². The predicted octanol–water partition coefficient (Wildman–Crippen LogP) is 3.77. The van der Waals surface area contributed by atoms with Gasteiger partial charge in [-0.3, -0.25) is 4.79 Å². The summed E-state index contributed by atoms with van der Waals surface area (Å²) < 4.78 is 5.47. The normalized spacial score (nSPS) is 21.7. The van der Waals surface area contributed by atoms with Gasteiger partial charge < -0.3 is 19.9 Å². The fourth-order valence-corrected chi connectivity index (χ4v) is 5.82. The topological polar surface area (TPSA) is 70.6 Å². The van der Waals surface area contributed by atoms with Crippen LogP contribution in [0.2, 0.25) is 5.02 Å². The number of aromatic nitrogens is 2. The Morgan fingerprint density at radius 1 is 1.11 bits per heavy atom. The van der Waals surface area contributed by atoms with Crippen molar-refractivity contribution < 1.29 is 9.53 Å². The zero-order valence-corrected chi connectivity index (χ0v) is 21.3. The highest BCUT2D eigenvalue weighted by molar-refractivity contribution is 6.30. The third kappa shape index (κ3) is 5.63. The number of ether oxygens (including phenoxy) is 1. The summed E-state index contributed by atoms with van der Waals surface area (Å²) in [6.45, 7) is 7.74. The third-order valence-corrected chi connectivity index (χ3v) is 8.05. The second-order valence-corrected chi connectivity index (χ2v) is 10.5. The smallest absolute Gasteiger partial charge is 0.230 e. The standard InChI is InChI=1S/C27H36ClN5O2/c1-19-2-7-24-25(19)26(31-18-30-24)32-12-14-33(15-13-32)27(34)23(20-3-5-21(28)6-4-20)8-11-29-22-9-16-35-17-10-22/h3-6,18-19,22-23,29H,2,7-17H2,1H3/t19-,23-/m1/s1. The monoisotopic (exact) mass is 497 g/mol. The number of carbonyl (C=O) groups excluding carboxylic acids is 1. The average molecular weight is 498 g/mol. The van der Waals surface area contributed by atoms with Gasteiger partial charge in [0.1, 0.15) is 12.1 Å². The number of benzene rings is 1. The van der Waals surface area contributed by atoms with Crippen LogP contribution in [0.1, 0.15) is 61.3 Å². The minimum absolute atomic E-state index is 0.172. The molecule has 2 fully saturated rings. The van der Waals surface area contributed by atoms with E-state index in [0.717, 1.165) is 76.3 Å². The van der Waals surface area contributed by atoms with Crippen molar-refractivity contribution in [2.45, 2.75) is 56.9 Å². The van der Waals surface area contributed by atoms with Gasteiger partial charge in [-0.05, 0) is 62.3 Å².